The highest BCUT2D eigenvalue weighted by Crippen LogP contribution is 2.46. The van der Waals surface area contributed by atoms with E-state index in [0.717, 1.165) is 113 Å². The normalized spacial score (nSPS) is 18.7. The van der Waals surface area contributed by atoms with Gasteiger partial charge in [0.25, 0.3) is 0 Å². The molecule has 6 rings (SSSR count). The fraction of sp³-hybridized carbons (Fsp3) is 0.512. The lowest BCUT2D eigenvalue weighted by Gasteiger charge is -2.40. The minimum atomic E-state index is -0.232. The van der Waals surface area contributed by atoms with Crippen LogP contribution in [0, 0.1) is 0 Å². The third kappa shape index (κ3) is 8.77. The van der Waals surface area contributed by atoms with Crippen LogP contribution in [0.5, 0.6) is 5.75 Å². The lowest BCUT2D eigenvalue weighted by Crippen LogP contribution is -2.48. The first kappa shape index (κ1) is 38.5. The van der Waals surface area contributed by atoms with Crippen LogP contribution in [0.4, 0.5) is 5.69 Å². The van der Waals surface area contributed by atoms with Gasteiger partial charge in [-0.3, -0.25) is 19.3 Å². The van der Waals surface area contributed by atoms with Gasteiger partial charge >= 0.3 is 0 Å². The van der Waals surface area contributed by atoms with Crippen molar-refractivity contribution in [1.29, 1.82) is 0 Å². The molecule has 0 radical (unpaired) electrons. The average molecular weight is 721 g/mol. The summed E-state index contributed by atoms with van der Waals surface area (Å²) in [4.78, 5) is 24.7. The molecule has 3 heterocycles. The molecule has 3 aliphatic rings. The Morgan fingerprint density at radius 2 is 1.70 bits per heavy atom. The Hall–Kier alpha value is -4.25. The van der Waals surface area contributed by atoms with E-state index in [1.807, 2.05) is 15.8 Å². The molecule has 1 saturated heterocycles. The van der Waals surface area contributed by atoms with Crippen molar-refractivity contribution in [1.82, 2.24) is 34.6 Å². The predicted molar refractivity (Wildman–Crippen MR) is 215 cm³/mol. The molecule has 1 aromatic heterocycles. The second-order valence-corrected chi connectivity index (χ2v) is 14.9. The van der Waals surface area contributed by atoms with Crippen molar-refractivity contribution in [3.05, 3.63) is 101 Å². The smallest absolute Gasteiger partial charge is 0.222 e. The van der Waals surface area contributed by atoms with Gasteiger partial charge in [0, 0.05) is 93.4 Å². The zero-order valence-electron chi connectivity index (χ0n) is 33.1. The monoisotopic (exact) mass is 720 g/mol. The number of carbonyl (C=O) groups excluding carboxylic acids is 1. The van der Waals surface area contributed by atoms with Gasteiger partial charge in [0.05, 0.1) is 17.8 Å². The summed E-state index contributed by atoms with van der Waals surface area (Å²) in [6.07, 6.45) is 11.1. The third-order valence-corrected chi connectivity index (χ3v) is 11.2. The highest BCUT2D eigenvalue weighted by Gasteiger charge is 2.35. The standard InChI is InChI=1S/C43H60N8O2/c1-8-48(9-2)35-19-20-37-39(29-35)53-40-30-43(5,50(10-3)11-4)22-21-38(40)42(37)36-17-13-12-15-33(36)31-47-24-26-49(27-25-47)41(52)18-14-16-34-32-51(45-44-34)28-23-46(6)7/h12-13,15,17,19-22,29-30,32H,8-11,14,16,18,23-28,31H2,1-7H3. The molecule has 2 aromatic carbocycles. The molecule has 3 aromatic rings. The van der Waals surface area contributed by atoms with Gasteiger partial charge in [-0.25, -0.2) is 0 Å². The van der Waals surface area contributed by atoms with Crippen molar-refractivity contribution in [3.8, 4) is 5.75 Å². The van der Waals surface area contributed by atoms with Gasteiger partial charge in [-0.2, -0.15) is 0 Å². The van der Waals surface area contributed by atoms with Gasteiger partial charge in [-0.15, -0.1) is 5.10 Å². The van der Waals surface area contributed by atoms with E-state index in [1.54, 1.807) is 0 Å². The van der Waals surface area contributed by atoms with Crippen molar-refractivity contribution in [2.24, 2.45) is 0 Å². The molecule has 284 valence electrons. The third-order valence-electron chi connectivity index (χ3n) is 11.2. The maximum atomic E-state index is 13.2. The van der Waals surface area contributed by atoms with Crippen molar-refractivity contribution in [3.63, 3.8) is 0 Å². The van der Waals surface area contributed by atoms with Crippen LogP contribution >= 0.6 is 0 Å². The second-order valence-electron chi connectivity index (χ2n) is 14.9. The van der Waals surface area contributed by atoms with E-state index < -0.39 is 0 Å². The largest absolute Gasteiger partial charge is 0.456 e. The zero-order chi connectivity index (χ0) is 37.5. The van der Waals surface area contributed by atoms with Crippen molar-refractivity contribution < 1.29 is 9.53 Å². The van der Waals surface area contributed by atoms with Gasteiger partial charge in [0.2, 0.25) is 5.91 Å². The number of aromatic nitrogens is 3. The lowest BCUT2D eigenvalue weighted by atomic mass is 9.82. The summed E-state index contributed by atoms with van der Waals surface area (Å²) >= 11 is 0. The van der Waals surface area contributed by atoms with Gasteiger partial charge in [0.15, 0.2) is 0 Å². The number of fused-ring (bicyclic) bond motifs is 2. The quantitative estimate of drug-likeness (QED) is 0.176. The van der Waals surface area contributed by atoms with E-state index >= 15 is 0 Å². The van der Waals surface area contributed by atoms with E-state index in [4.69, 9.17) is 4.74 Å². The molecule has 53 heavy (non-hydrogen) atoms. The Morgan fingerprint density at radius 1 is 0.943 bits per heavy atom. The molecule has 1 aliphatic carbocycles. The van der Waals surface area contributed by atoms with Gasteiger partial charge in [-0.05, 0) is 90.1 Å². The molecule has 0 spiro atoms. The molecule has 1 amide bonds. The highest BCUT2D eigenvalue weighted by atomic mass is 16.5. The number of nitrogens with zero attached hydrogens (tertiary/aromatic N) is 8. The van der Waals surface area contributed by atoms with E-state index in [2.05, 4.69) is 139 Å². The molecule has 0 N–H and O–H groups in total. The van der Waals surface area contributed by atoms with Crippen LogP contribution < -0.4 is 9.64 Å². The van der Waals surface area contributed by atoms with Gasteiger partial charge in [-0.1, -0.05) is 55.5 Å². The molecule has 1 fully saturated rings. The Balaban J connectivity index is 1.17. The van der Waals surface area contributed by atoms with Crippen molar-refractivity contribution in [2.75, 3.05) is 77.9 Å². The van der Waals surface area contributed by atoms with E-state index in [1.165, 1.54) is 22.4 Å². The minimum Gasteiger partial charge on any atom is -0.456 e. The topological polar surface area (TPSA) is 73.2 Å². The Labute approximate surface area is 317 Å². The number of hydrogen-bond donors (Lipinski definition) is 0. The summed E-state index contributed by atoms with van der Waals surface area (Å²) in [5.41, 5.74) is 7.92. The first-order valence-electron chi connectivity index (χ1n) is 19.8. The molecule has 0 bridgehead atoms. The Morgan fingerprint density at radius 3 is 2.42 bits per heavy atom. The molecule has 10 nitrogen and oxygen atoms in total. The molecule has 1 unspecified atom stereocenters. The number of carbonyl (C=O) groups is 1. The van der Waals surface area contributed by atoms with Crippen molar-refractivity contribution >= 4 is 17.2 Å². The van der Waals surface area contributed by atoms with Gasteiger partial charge in [0.1, 0.15) is 11.5 Å². The van der Waals surface area contributed by atoms with E-state index in [0.29, 0.717) is 6.42 Å². The van der Waals surface area contributed by atoms with E-state index in [9.17, 15) is 4.79 Å². The van der Waals surface area contributed by atoms with Crippen LogP contribution in [0.2, 0.25) is 0 Å². The molecule has 10 heteroatoms. The first-order valence-corrected chi connectivity index (χ1v) is 19.8. The lowest BCUT2D eigenvalue weighted by molar-refractivity contribution is -0.133. The summed E-state index contributed by atoms with van der Waals surface area (Å²) in [6.45, 7) is 20.7. The number of hydrogen-bond acceptors (Lipinski definition) is 8. The number of benzene rings is 2. The summed E-state index contributed by atoms with van der Waals surface area (Å²) in [5, 5.41) is 8.55. The summed E-state index contributed by atoms with van der Waals surface area (Å²) in [5.74, 6) is 2.07. The molecule has 2 aliphatic heterocycles. The number of ether oxygens (including phenoxy) is 1. The highest BCUT2D eigenvalue weighted by molar-refractivity contribution is 5.92. The van der Waals surface area contributed by atoms with E-state index in [-0.39, 0.29) is 11.4 Å². The number of allylic oxidation sites excluding steroid dienone is 1. The molecular formula is C43H60N8O2. The number of anilines is 1. The maximum Gasteiger partial charge on any atom is 0.222 e. The first-order chi connectivity index (χ1) is 25.7. The summed E-state index contributed by atoms with van der Waals surface area (Å²) in [6, 6.07) is 15.6. The molecule has 1 atom stereocenters. The van der Waals surface area contributed by atoms with Crippen molar-refractivity contribution in [2.45, 2.75) is 72.5 Å². The number of amides is 1. The second kappa shape index (κ2) is 17.3. The minimum absolute atomic E-state index is 0.232. The van der Waals surface area contributed by atoms with Crippen LogP contribution in [0.1, 0.15) is 69.8 Å². The molecule has 0 saturated carbocycles. The SMILES string of the molecule is CCN(CC)c1ccc2c(c1)OC1=CC(C)(N(CC)CC)C=CC1=C2c1ccccc1CN1CCN(C(=O)CCCc2cn(CCN(C)C)nn2)CC1. The van der Waals surface area contributed by atoms with Crippen LogP contribution in [0.3, 0.4) is 0 Å². The van der Waals surface area contributed by atoms with Gasteiger partial charge < -0.3 is 19.4 Å². The maximum absolute atomic E-state index is 13.2. The Kier molecular flexibility index (Phi) is 12.5. The van der Waals surface area contributed by atoms with Crippen LogP contribution in [0.15, 0.2) is 78.2 Å². The summed E-state index contributed by atoms with van der Waals surface area (Å²) in [7, 11) is 4.11. The number of aryl methyl sites for hydroxylation is 1. The number of rotatable bonds is 16. The number of piperazine rings is 1. The fourth-order valence-electron chi connectivity index (χ4n) is 8.00. The number of likely N-dealkylation sites (N-methyl/N-ethyl adjacent to an activating group) is 2. The van der Waals surface area contributed by atoms with Crippen LogP contribution in [-0.2, 0) is 24.3 Å². The summed E-state index contributed by atoms with van der Waals surface area (Å²) < 4.78 is 8.73. The van der Waals surface area contributed by atoms with Crippen LogP contribution in [0.25, 0.3) is 5.57 Å². The van der Waals surface area contributed by atoms with Crippen LogP contribution in [-0.4, -0.2) is 119 Å². The molecular weight excluding hydrogens is 661 g/mol. The average Bonchev–Trinajstić information content (AvgIpc) is 3.62. The zero-order valence-corrected chi connectivity index (χ0v) is 33.1. The Bertz CT molecular complexity index is 1810. The predicted octanol–water partition coefficient (Wildman–Crippen LogP) is 6.10. The fourth-order valence-corrected chi connectivity index (χ4v) is 8.00.